The van der Waals surface area contributed by atoms with Gasteiger partial charge >= 0.3 is 12.1 Å². The van der Waals surface area contributed by atoms with Crippen molar-refractivity contribution < 1.29 is 51.0 Å². The number of hydrogen-bond donors (Lipinski definition) is 2. The maximum atomic E-state index is 13.8. The number of nitrogens with zero attached hydrogens (tertiary/aromatic N) is 7. The first-order chi connectivity index (χ1) is 23.8. The lowest BCUT2D eigenvalue weighted by molar-refractivity contribution is -0.671. The highest BCUT2D eigenvalue weighted by molar-refractivity contribution is 7.84. The van der Waals surface area contributed by atoms with Crippen LogP contribution in [0.4, 0.5) is 9.93 Å². The Hall–Kier alpha value is -5.02. The van der Waals surface area contributed by atoms with Crippen LogP contribution in [0.25, 0.3) is 11.3 Å². The molecule has 0 bridgehead atoms. The van der Waals surface area contributed by atoms with Crippen LogP contribution in [-0.4, -0.2) is 95.7 Å². The molecule has 0 unspecified atom stereocenters. The topological polar surface area (TPSA) is 240 Å². The number of rotatable bonds is 11. The van der Waals surface area contributed by atoms with E-state index in [-0.39, 0.29) is 21.7 Å². The van der Waals surface area contributed by atoms with Gasteiger partial charge in [0.2, 0.25) is 5.60 Å². The molecular weight excluding hydrogens is 723 g/mol. The smallest absolute Gasteiger partial charge is 0.413 e. The molecule has 52 heavy (non-hydrogen) atoms. The summed E-state index contributed by atoms with van der Waals surface area (Å²) in [5, 5.41) is 18.3. The van der Waals surface area contributed by atoms with Crippen LogP contribution in [0.5, 0.6) is 0 Å². The molecule has 1 aliphatic heterocycles. The molecule has 3 amide bonds. The molecule has 0 aromatic carbocycles. The molecule has 0 spiro atoms. The van der Waals surface area contributed by atoms with Crippen LogP contribution in [0.3, 0.4) is 0 Å². The Labute approximate surface area is 304 Å². The van der Waals surface area contributed by atoms with Gasteiger partial charge in [-0.2, -0.15) is 0 Å². The highest BCUT2D eigenvalue weighted by Gasteiger charge is 2.52. The molecular formula is C31H41N9O10S2. The maximum Gasteiger partial charge on any atom is 0.413 e. The summed E-state index contributed by atoms with van der Waals surface area (Å²) in [5.74, 6) is -3.11. The summed E-state index contributed by atoms with van der Waals surface area (Å²) in [7, 11) is -3.46. The monoisotopic (exact) mass is 763 g/mol. The van der Waals surface area contributed by atoms with E-state index in [2.05, 4.69) is 31.1 Å². The van der Waals surface area contributed by atoms with Crippen molar-refractivity contribution in [3.63, 3.8) is 0 Å². The fourth-order valence-corrected chi connectivity index (χ4v) is 6.24. The minimum Gasteiger partial charge on any atom is -0.731 e. The summed E-state index contributed by atoms with van der Waals surface area (Å²) in [4.78, 5) is 61.8. The normalized spacial score (nSPS) is 16.9. The van der Waals surface area contributed by atoms with E-state index in [1.54, 1.807) is 47.7 Å². The number of anilines is 1. The van der Waals surface area contributed by atoms with Crippen LogP contribution in [0.1, 0.15) is 66.6 Å². The predicted molar refractivity (Wildman–Crippen MR) is 183 cm³/mol. The Kier molecular flexibility index (Phi) is 11.1. The van der Waals surface area contributed by atoms with E-state index in [1.165, 1.54) is 30.1 Å². The number of hydrogen-bond acceptors (Lipinski definition) is 15. The van der Waals surface area contributed by atoms with Crippen molar-refractivity contribution >= 4 is 56.4 Å². The van der Waals surface area contributed by atoms with E-state index in [0.29, 0.717) is 5.69 Å². The van der Waals surface area contributed by atoms with Crippen molar-refractivity contribution in [3.05, 3.63) is 41.3 Å². The van der Waals surface area contributed by atoms with Gasteiger partial charge in [-0.15, -0.1) is 16.4 Å². The highest BCUT2D eigenvalue weighted by atomic mass is 32.2. The van der Waals surface area contributed by atoms with E-state index in [4.69, 9.17) is 14.3 Å². The second-order valence-electron chi connectivity index (χ2n) is 14.4. The number of amides is 3. The number of pyridine rings is 1. The van der Waals surface area contributed by atoms with Gasteiger partial charge < -0.3 is 24.2 Å². The van der Waals surface area contributed by atoms with E-state index in [9.17, 15) is 32.1 Å². The highest BCUT2D eigenvalue weighted by Crippen LogP contribution is 2.27. The summed E-state index contributed by atoms with van der Waals surface area (Å²) in [6.07, 6.45) is 4.35. The molecule has 19 nitrogen and oxygen atoms in total. The number of aryl methyl sites for hydroxylation is 2. The Morgan fingerprint density at radius 2 is 1.75 bits per heavy atom. The van der Waals surface area contributed by atoms with Crippen LogP contribution < -0.4 is 15.2 Å². The van der Waals surface area contributed by atoms with Crippen molar-refractivity contribution in [1.29, 1.82) is 0 Å². The number of esters is 1. The van der Waals surface area contributed by atoms with Gasteiger partial charge in [-0.3, -0.25) is 14.9 Å². The van der Waals surface area contributed by atoms with Crippen molar-refractivity contribution in [3.8, 4) is 11.3 Å². The van der Waals surface area contributed by atoms with Crippen LogP contribution >= 0.6 is 11.3 Å². The second kappa shape index (κ2) is 14.5. The van der Waals surface area contributed by atoms with Gasteiger partial charge in [-0.05, 0) is 62.3 Å². The summed E-state index contributed by atoms with van der Waals surface area (Å²) >= 11 is 0.898. The molecule has 1 aliphatic rings. The van der Waals surface area contributed by atoms with Crippen LogP contribution in [-0.2, 0) is 52.6 Å². The minimum atomic E-state index is -5.31. The molecule has 0 radical (unpaired) electrons. The van der Waals surface area contributed by atoms with Gasteiger partial charge in [0.25, 0.3) is 11.8 Å². The number of carbonyl (C=O) groups is 4. The number of nitrogens with one attached hydrogen (secondary N) is 2. The van der Waals surface area contributed by atoms with Gasteiger partial charge in [0, 0.05) is 22.6 Å². The van der Waals surface area contributed by atoms with Crippen LogP contribution in [0, 0.1) is 6.92 Å². The zero-order chi connectivity index (χ0) is 39.0. The molecule has 0 saturated carbocycles. The molecule has 3 aromatic heterocycles. The SMILES string of the molecule is Cc1c[n+](C)ccc1-c1cn(C[C@@H]2[C@H](NC(=O)C(=NOC(C)(C)C(=O)OC(C)(C)C)c3csc(NC(=O)OC(C)(C)C)n3)C(=O)N2S(=O)(=O)[O-])nn1. The lowest BCUT2D eigenvalue weighted by atomic mass is 9.98. The van der Waals surface area contributed by atoms with E-state index in [1.807, 2.05) is 30.8 Å². The number of β-lactam (4-membered cyclic amide) rings is 1. The van der Waals surface area contributed by atoms with Gasteiger partial charge in [0.1, 0.15) is 35.7 Å². The second-order valence-corrected chi connectivity index (χ2v) is 16.5. The first kappa shape index (κ1) is 39.8. The number of oxime groups is 1. The number of ether oxygens (including phenoxy) is 2. The summed E-state index contributed by atoms with van der Waals surface area (Å²) in [6.45, 7) is 14.2. The Morgan fingerprint density at radius 1 is 1.10 bits per heavy atom. The first-order valence-corrected chi connectivity index (χ1v) is 18.0. The average molecular weight is 764 g/mol. The Morgan fingerprint density at radius 3 is 2.35 bits per heavy atom. The quantitative estimate of drug-likeness (QED) is 0.0705. The maximum absolute atomic E-state index is 13.8. The van der Waals surface area contributed by atoms with E-state index < -0.39 is 68.8 Å². The molecule has 282 valence electrons. The minimum absolute atomic E-state index is 0.00164. The molecule has 3 aromatic rings. The number of aromatic nitrogens is 5. The Balaban J connectivity index is 1.64. The molecule has 2 atom stereocenters. The predicted octanol–water partition coefficient (Wildman–Crippen LogP) is 1.58. The molecule has 0 aliphatic carbocycles. The third-order valence-electron chi connectivity index (χ3n) is 7.01. The van der Waals surface area contributed by atoms with Crippen LogP contribution in [0.15, 0.2) is 35.2 Å². The Bertz CT molecular complexity index is 2010. The van der Waals surface area contributed by atoms with Gasteiger partial charge in [0.05, 0.1) is 18.8 Å². The fraction of sp³-hybridized carbons (Fsp3) is 0.516. The lowest BCUT2D eigenvalue weighted by Crippen LogP contribution is -2.73. The standard InChI is InChI=1S/C31H41N9O10S2/c1-17-13-38(10)12-11-18(17)19-14-39(37-35-19)15-21-23(25(42)40(21)52(45,46)47)33-24(41)22(36-50-31(8,9)26(43)48-29(2,3)4)20-16-51-27(32-20)34-28(44)49-30(5,6)7/h11-14,16,21,23H,15H2,1-10H3,(H2-,32,33,34,41,44,45,46,47)/t21-,23+/m1/s1. The fourth-order valence-electron chi connectivity index (χ4n) is 4.71. The molecule has 21 heteroatoms. The molecule has 4 rings (SSSR count). The zero-order valence-electron chi connectivity index (χ0n) is 30.3. The molecule has 1 fully saturated rings. The zero-order valence-corrected chi connectivity index (χ0v) is 31.9. The van der Waals surface area contributed by atoms with Crippen molar-refractivity contribution in [2.75, 3.05) is 5.32 Å². The number of carbonyl (C=O) groups excluding carboxylic acids is 4. The molecule has 4 heterocycles. The van der Waals surface area contributed by atoms with Gasteiger partial charge in [-0.1, -0.05) is 10.4 Å². The van der Waals surface area contributed by atoms with Crippen LogP contribution in [0.2, 0.25) is 0 Å². The summed E-state index contributed by atoms with van der Waals surface area (Å²) < 4.78 is 50.2. The molecule has 2 N–H and O–H groups in total. The third kappa shape index (κ3) is 9.85. The van der Waals surface area contributed by atoms with Gasteiger partial charge in [-0.25, -0.2) is 36.5 Å². The average Bonchev–Trinajstić information content (AvgIpc) is 3.63. The van der Waals surface area contributed by atoms with Crippen molar-refractivity contribution in [2.45, 2.75) is 97.7 Å². The van der Waals surface area contributed by atoms with Gasteiger partial charge in [0.15, 0.2) is 33.5 Å². The first-order valence-electron chi connectivity index (χ1n) is 15.8. The third-order valence-corrected chi connectivity index (χ3v) is 8.70. The van der Waals surface area contributed by atoms with E-state index in [0.717, 1.165) is 22.5 Å². The summed E-state index contributed by atoms with van der Waals surface area (Å²) in [6, 6.07) is -1.15. The van der Waals surface area contributed by atoms with E-state index >= 15 is 0 Å². The molecule has 1 saturated heterocycles. The van der Waals surface area contributed by atoms with Crippen molar-refractivity contribution in [1.82, 2.24) is 29.6 Å². The van der Waals surface area contributed by atoms with Crippen molar-refractivity contribution in [2.24, 2.45) is 12.2 Å². The number of thiazole rings is 1. The largest absolute Gasteiger partial charge is 0.731 e. The summed E-state index contributed by atoms with van der Waals surface area (Å²) in [5.41, 5.74) is -2.08. The lowest BCUT2D eigenvalue weighted by Gasteiger charge is -2.47.